The SMILES string of the molecule is CCC1CN(c2cccc3c2OCCO3)CCN1. The molecule has 0 spiro atoms. The van der Waals surface area contributed by atoms with Gasteiger partial charge in [-0.1, -0.05) is 13.0 Å². The van der Waals surface area contributed by atoms with Crippen LogP contribution in [0, 0.1) is 0 Å². The molecule has 1 atom stereocenters. The van der Waals surface area contributed by atoms with Gasteiger partial charge in [-0.2, -0.15) is 0 Å². The van der Waals surface area contributed by atoms with E-state index >= 15 is 0 Å². The molecule has 0 aliphatic carbocycles. The molecule has 2 aliphatic heterocycles. The molecule has 1 N–H and O–H groups in total. The minimum Gasteiger partial charge on any atom is -0.486 e. The molecule has 4 nitrogen and oxygen atoms in total. The Morgan fingerprint density at radius 2 is 2.22 bits per heavy atom. The number of rotatable bonds is 2. The topological polar surface area (TPSA) is 33.7 Å². The van der Waals surface area contributed by atoms with E-state index in [1.807, 2.05) is 12.1 Å². The Kier molecular flexibility index (Phi) is 3.28. The molecule has 1 saturated heterocycles. The number of ether oxygens (including phenoxy) is 2. The van der Waals surface area contributed by atoms with Gasteiger partial charge in [-0.15, -0.1) is 0 Å². The molecular weight excluding hydrogens is 228 g/mol. The van der Waals surface area contributed by atoms with Crippen molar-refractivity contribution < 1.29 is 9.47 Å². The first-order valence-corrected chi connectivity index (χ1v) is 6.75. The number of nitrogens with zero attached hydrogens (tertiary/aromatic N) is 1. The van der Waals surface area contributed by atoms with Crippen molar-refractivity contribution in [2.45, 2.75) is 19.4 Å². The second kappa shape index (κ2) is 5.06. The van der Waals surface area contributed by atoms with Crippen LogP contribution in [0.25, 0.3) is 0 Å². The predicted octanol–water partition coefficient (Wildman–Crippen LogP) is 1.65. The Balaban J connectivity index is 1.87. The van der Waals surface area contributed by atoms with Crippen molar-refractivity contribution in [2.24, 2.45) is 0 Å². The first-order chi connectivity index (χ1) is 8.88. The number of anilines is 1. The molecule has 1 aromatic rings. The average Bonchev–Trinajstić information content (AvgIpc) is 2.47. The molecular formula is C14H20N2O2. The first-order valence-electron chi connectivity index (χ1n) is 6.75. The van der Waals surface area contributed by atoms with Gasteiger partial charge in [0.25, 0.3) is 0 Å². The summed E-state index contributed by atoms with van der Waals surface area (Å²) in [6.45, 7) is 6.61. The molecule has 0 aromatic heterocycles. The highest BCUT2D eigenvalue weighted by Crippen LogP contribution is 2.39. The Morgan fingerprint density at radius 1 is 1.33 bits per heavy atom. The minimum absolute atomic E-state index is 0.569. The van der Waals surface area contributed by atoms with Crippen LogP contribution >= 0.6 is 0 Å². The van der Waals surface area contributed by atoms with E-state index in [4.69, 9.17) is 9.47 Å². The van der Waals surface area contributed by atoms with Gasteiger partial charge in [0.05, 0.1) is 5.69 Å². The monoisotopic (exact) mass is 248 g/mol. The minimum atomic E-state index is 0.569. The average molecular weight is 248 g/mol. The summed E-state index contributed by atoms with van der Waals surface area (Å²) in [6.07, 6.45) is 1.16. The number of hydrogen-bond donors (Lipinski definition) is 1. The van der Waals surface area contributed by atoms with Gasteiger partial charge in [0.15, 0.2) is 11.5 Å². The maximum absolute atomic E-state index is 5.79. The summed E-state index contributed by atoms with van der Waals surface area (Å²) in [5.74, 6) is 1.80. The van der Waals surface area contributed by atoms with E-state index in [9.17, 15) is 0 Å². The molecule has 1 fully saturated rings. The third kappa shape index (κ3) is 2.12. The maximum Gasteiger partial charge on any atom is 0.184 e. The molecule has 4 heteroatoms. The van der Waals surface area contributed by atoms with Gasteiger partial charge in [0.1, 0.15) is 13.2 Å². The Bertz CT molecular complexity index is 422. The fourth-order valence-electron chi connectivity index (χ4n) is 2.63. The number of para-hydroxylation sites is 1. The van der Waals surface area contributed by atoms with E-state index in [0.717, 1.165) is 37.6 Å². The maximum atomic E-state index is 5.79. The molecule has 0 saturated carbocycles. The van der Waals surface area contributed by atoms with Crippen LogP contribution < -0.4 is 19.7 Å². The van der Waals surface area contributed by atoms with E-state index in [2.05, 4.69) is 23.2 Å². The van der Waals surface area contributed by atoms with Crippen molar-refractivity contribution in [3.8, 4) is 11.5 Å². The molecule has 3 rings (SSSR count). The van der Waals surface area contributed by atoms with Crippen molar-refractivity contribution >= 4 is 5.69 Å². The normalized spacial score (nSPS) is 22.9. The van der Waals surface area contributed by atoms with Crippen molar-refractivity contribution in [1.29, 1.82) is 0 Å². The van der Waals surface area contributed by atoms with Crippen molar-refractivity contribution in [3.05, 3.63) is 18.2 Å². The lowest BCUT2D eigenvalue weighted by Gasteiger charge is -2.36. The summed E-state index contributed by atoms with van der Waals surface area (Å²) in [5.41, 5.74) is 1.17. The number of nitrogens with one attached hydrogen (secondary N) is 1. The summed E-state index contributed by atoms with van der Waals surface area (Å²) in [7, 11) is 0. The highest BCUT2D eigenvalue weighted by Gasteiger charge is 2.23. The van der Waals surface area contributed by atoms with Gasteiger partial charge in [-0.3, -0.25) is 0 Å². The molecule has 98 valence electrons. The summed E-state index contributed by atoms with van der Waals surface area (Å²) < 4.78 is 11.4. The van der Waals surface area contributed by atoms with Crippen LogP contribution in [0.15, 0.2) is 18.2 Å². The lowest BCUT2D eigenvalue weighted by Crippen LogP contribution is -2.50. The predicted molar refractivity (Wildman–Crippen MR) is 71.7 cm³/mol. The van der Waals surface area contributed by atoms with E-state index in [1.165, 1.54) is 5.69 Å². The number of fused-ring (bicyclic) bond motifs is 1. The van der Waals surface area contributed by atoms with Crippen molar-refractivity contribution in [3.63, 3.8) is 0 Å². The van der Waals surface area contributed by atoms with Crippen LogP contribution in [0.1, 0.15) is 13.3 Å². The van der Waals surface area contributed by atoms with Crippen LogP contribution in [0.5, 0.6) is 11.5 Å². The smallest absolute Gasteiger partial charge is 0.184 e. The molecule has 0 bridgehead atoms. The van der Waals surface area contributed by atoms with Crippen molar-refractivity contribution in [1.82, 2.24) is 5.32 Å². The largest absolute Gasteiger partial charge is 0.486 e. The van der Waals surface area contributed by atoms with E-state index < -0.39 is 0 Å². The van der Waals surface area contributed by atoms with E-state index in [1.54, 1.807) is 0 Å². The fraction of sp³-hybridized carbons (Fsp3) is 0.571. The van der Waals surface area contributed by atoms with Crippen LogP contribution in [-0.4, -0.2) is 38.9 Å². The van der Waals surface area contributed by atoms with Crippen LogP contribution in [0.4, 0.5) is 5.69 Å². The second-order valence-electron chi connectivity index (χ2n) is 4.81. The molecule has 1 unspecified atom stereocenters. The van der Waals surface area contributed by atoms with Crippen LogP contribution in [0.2, 0.25) is 0 Å². The van der Waals surface area contributed by atoms with Crippen LogP contribution in [0.3, 0.4) is 0 Å². The molecule has 18 heavy (non-hydrogen) atoms. The summed E-state index contributed by atoms with van der Waals surface area (Å²) in [4.78, 5) is 2.40. The number of benzene rings is 1. The molecule has 1 aromatic carbocycles. The second-order valence-corrected chi connectivity index (χ2v) is 4.81. The summed E-state index contributed by atoms with van der Waals surface area (Å²) >= 11 is 0. The zero-order valence-corrected chi connectivity index (χ0v) is 10.8. The Morgan fingerprint density at radius 3 is 3.11 bits per heavy atom. The van der Waals surface area contributed by atoms with Gasteiger partial charge in [-0.05, 0) is 18.6 Å². The number of piperazine rings is 1. The lowest BCUT2D eigenvalue weighted by atomic mass is 10.1. The highest BCUT2D eigenvalue weighted by molar-refractivity contribution is 5.65. The van der Waals surface area contributed by atoms with E-state index in [-0.39, 0.29) is 0 Å². The zero-order valence-electron chi connectivity index (χ0n) is 10.8. The Hall–Kier alpha value is -1.42. The third-order valence-electron chi connectivity index (χ3n) is 3.63. The van der Waals surface area contributed by atoms with Gasteiger partial charge >= 0.3 is 0 Å². The summed E-state index contributed by atoms with van der Waals surface area (Å²) in [5, 5.41) is 3.53. The molecule has 0 amide bonds. The molecule has 2 aliphatic rings. The first kappa shape index (κ1) is 11.7. The van der Waals surface area contributed by atoms with Gasteiger partial charge in [-0.25, -0.2) is 0 Å². The van der Waals surface area contributed by atoms with Gasteiger partial charge in [0.2, 0.25) is 0 Å². The Labute approximate surface area is 108 Å². The molecule has 0 radical (unpaired) electrons. The summed E-state index contributed by atoms with van der Waals surface area (Å²) in [6, 6.07) is 6.73. The van der Waals surface area contributed by atoms with E-state index in [0.29, 0.717) is 19.3 Å². The zero-order chi connectivity index (χ0) is 12.4. The van der Waals surface area contributed by atoms with Crippen molar-refractivity contribution in [2.75, 3.05) is 37.7 Å². The standard InChI is InChI=1S/C14H20N2O2/c1-2-11-10-16(7-6-15-11)12-4-3-5-13-14(12)18-9-8-17-13/h3-5,11,15H,2,6-10H2,1H3. The lowest BCUT2D eigenvalue weighted by molar-refractivity contribution is 0.172. The number of hydrogen-bond acceptors (Lipinski definition) is 4. The molecule has 2 heterocycles. The quantitative estimate of drug-likeness (QED) is 0.863. The van der Waals surface area contributed by atoms with Gasteiger partial charge in [0, 0.05) is 25.7 Å². The van der Waals surface area contributed by atoms with Gasteiger partial charge < -0.3 is 19.7 Å². The van der Waals surface area contributed by atoms with Crippen LogP contribution in [-0.2, 0) is 0 Å². The highest BCUT2D eigenvalue weighted by atomic mass is 16.6. The third-order valence-corrected chi connectivity index (χ3v) is 3.63. The fourth-order valence-corrected chi connectivity index (χ4v) is 2.63.